The standard InChI is InChI=1S/C63H71BN2/c1-37-28-54-56-55(29-37)66(39-21-23-43-45(31-39)58(4,5)25-24-57(43,2)3)52-34-48-46(59(6,7)26-27-60(48,8)9)32-50(52)64(56)51-33-47-49(62(12,13)36-61(47,10)11)35-53(51)65(54)38-20-22-41-40-18-16-17-19-42(40)63(14,15)44(41)30-38/h16-23,28-35H,24-27,36H2,1-15H3. The Labute approximate surface area is 397 Å². The van der Waals surface area contributed by atoms with Gasteiger partial charge in [-0.05, 0) is 198 Å². The Morgan fingerprint density at radius 2 is 0.803 bits per heavy atom. The Hall–Kier alpha value is -5.02. The lowest BCUT2D eigenvalue weighted by Gasteiger charge is -2.48. The second-order valence-electron chi connectivity index (χ2n) is 26.3. The van der Waals surface area contributed by atoms with Crippen LogP contribution in [0.4, 0.5) is 34.1 Å². The fourth-order valence-corrected chi connectivity index (χ4v) is 14.8. The number of nitrogens with zero attached hydrogens (tertiary/aromatic N) is 2. The van der Waals surface area contributed by atoms with Gasteiger partial charge in [0.25, 0.3) is 6.71 Å². The summed E-state index contributed by atoms with van der Waals surface area (Å²) in [5.41, 5.74) is 28.6. The zero-order valence-electron chi connectivity index (χ0n) is 42.7. The largest absolute Gasteiger partial charge is 0.311 e. The summed E-state index contributed by atoms with van der Waals surface area (Å²) >= 11 is 0. The molecule has 0 unspecified atom stereocenters. The summed E-state index contributed by atoms with van der Waals surface area (Å²) in [7, 11) is 0. The molecule has 0 atom stereocenters. The van der Waals surface area contributed by atoms with Gasteiger partial charge in [-0.25, -0.2) is 0 Å². The second-order valence-corrected chi connectivity index (χ2v) is 26.3. The van der Waals surface area contributed by atoms with E-state index in [2.05, 4.69) is 211 Å². The van der Waals surface area contributed by atoms with Crippen molar-refractivity contribution in [3.8, 4) is 11.1 Å². The Balaban J connectivity index is 1.19. The predicted octanol–water partition coefficient (Wildman–Crippen LogP) is 15.0. The molecule has 0 spiro atoms. The van der Waals surface area contributed by atoms with Crippen LogP contribution >= 0.6 is 0 Å². The van der Waals surface area contributed by atoms with Crippen molar-refractivity contribution in [1.82, 2.24) is 0 Å². The van der Waals surface area contributed by atoms with Gasteiger partial charge in [0.05, 0.1) is 0 Å². The van der Waals surface area contributed by atoms with E-state index >= 15 is 0 Å². The van der Waals surface area contributed by atoms with E-state index in [1.54, 1.807) is 0 Å². The van der Waals surface area contributed by atoms with Gasteiger partial charge >= 0.3 is 0 Å². The van der Waals surface area contributed by atoms with Crippen LogP contribution in [0.1, 0.15) is 179 Å². The van der Waals surface area contributed by atoms with Crippen LogP contribution in [-0.2, 0) is 37.9 Å². The third kappa shape index (κ3) is 5.61. The quantitative estimate of drug-likeness (QED) is 0.160. The highest BCUT2D eigenvalue weighted by Crippen LogP contribution is 2.56. The molecule has 66 heavy (non-hydrogen) atoms. The maximum absolute atomic E-state index is 2.72. The number of rotatable bonds is 2. The fraction of sp³-hybridized carbons (Fsp3) is 0.429. The van der Waals surface area contributed by atoms with Crippen LogP contribution in [0.15, 0.2) is 97.1 Å². The van der Waals surface area contributed by atoms with E-state index in [0.717, 1.165) is 6.42 Å². The van der Waals surface area contributed by atoms with Gasteiger partial charge in [0.2, 0.25) is 0 Å². The lowest BCUT2D eigenvalue weighted by molar-refractivity contribution is 0.332. The molecule has 2 aliphatic heterocycles. The molecule has 4 aliphatic carbocycles. The third-order valence-electron chi connectivity index (χ3n) is 18.6. The highest BCUT2D eigenvalue weighted by atomic mass is 15.2. The molecule has 0 fully saturated rings. The van der Waals surface area contributed by atoms with Crippen molar-refractivity contribution in [2.45, 2.75) is 174 Å². The first-order valence-corrected chi connectivity index (χ1v) is 25.3. The number of anilines is 6. The van der Waals surface area contributed by atoms with E-state index in [4.69, 9.17) is 0 Å². The molecule has 0 amide bonds. The minimum absolute atomic E-state index is 0.0594. The van der Waals surface area contributed by atoms with Crippen molar-refractivity contribution in [2.24, 2.45) is 0 Å². The van der Waals surface area contributed by atoms with Gasteiger partial charge in [0.1, 0.15) is 0 Å². The van der Waals surface area contributed by atoms with Gasteiger partial charge in [-0.3, -0.25) is 0 Å². The topological polar surface area (TPSA) is 6.48 Å². The zero-order valence-corrected chi connectivity index (χ0v) is 42.7. The molecule has 2 nitrogen and oxygen atoms in total. The molecule has 6 aromatic carbocycles. The summed E-state index contributed by atoms with van der Waals surface area (Å²) in [4.78, 5) is 5.42. The van der Waals surface area contributed by atoms with Crippen molar-refractivity contribution in [3.05, 3.63) is 147 Å². The first-order valence-electron chi connectivity index (χ1n) is 25.3. The summed E-state index contributed by atoms with van der Waals surface area (Å²) in [6, 6.07) is 39.9. The van der Waals surface area contributed by atoms with Gasteiger partial charge in [-0.2, -0.15) is 0 Å². The summed E-state index contributed by atoms with van der Waals surface area (Å²) in [5, 5.41) is 0. The molecule has 336 valence electrons. The van der Waals surface area contributed by atoms with E-state index in [1.807, 2.05) is 0 Å². The highest BCUT2D eigenvalue weighted by Gasteiger charge is 2.50. The molecule has 2 heterocycles. The average molecular weight is 867 g/mol. The highest BCUT2D eigenvalue weighted by molar-refractivity contribution is 7.00. The van der Waals surface area contributed by atoms with Crippen LogP contribution in [-0.4, -0.2) is 6.71 Å². The van der Waals surface area contributed by atoms with Crippen molar-refractivity contribution in [1.29, 1.82) is 0 Å². The van der Waals surface area contributed by atoms with Crippen LogP contribution < -0.4 is 26.2 Å². The Bertz CT molecular complexity index is 3130. The van der Waals surface area contributed by atoms with Crippen molar-refractivity contribution in [2.75, 3.05) is 9.80 Å². The first-order chi connectivity index (χ1) is 30.8. The molecule has 0 aromatic heterocycles. The van der Waals surface area contributed by atoms with Crippen molar-refractivity contribution < 1.29 is 0 Å². The average Bonchev–Trinajstić information content (AvgIpc) is 3.59. The molecule has 0 N–H and O–H groups in total. The second kappa shape index (κ2) is 12.9. The van der Waals surface area contributed by atoms with E-state index in [1.165, 1.54) is 137 Å². The fourth-order valence-electron chi connectivity index (χ4n) is 14.8. The van der Waals surface area contributed by atoms with Crippen LogP contribution in [0.2, 0.25) is 0 Å². The number of aryl methyl sites for hydroxylation is 1. The van der Waals surface area contributed by atoms with Crippen molar-refractivity contribution in [3.63, 3.8) is 0 Å². The monoisotopic (exact) mass is 867 g/mol. The normalized spacial score (nSPS) is 21.7. The van der Waals surface area contributed by atoms with Gasteiger partial charge in [0.15, 0.2) is 0 Å². The molecule has 6 aliphatic rings. The smallest absolute Gasteiger partial charge is 0.252 e. The number of hydrogen-bond donors (Lipinski definition) is 0. The van der Waals surface area contributed by atoms with E-state index < -0.39 is 0 Å². The van der Waals surface area contributed by atoms with Crippen LogP contribution in [0.3, 0.4) is 0 Å². The Morgan fingerprint density at radius 1 is 0.379 bits per heavy atom. The van der Waals surface area contributed by atoms with E-state index in [-0.39, 0.29) is 44.6 Å². The van der Waals surface area contributed by atoms with Crippen molar-refractivity contribution >= 4 is 57.2 Å². The number of fused-ring (bicyclic) bond motifs is 10. The molecule has 12 rings (SSSR count). The lowest BCUT2D eigenvalue weighted by atomic mass is 9.33. The SMILES string of the molecule is Cc1cc2c3c(c1)N(c1ccc4c(c1)C(C)(C)c1ccccc1-4)c1cc4c(cc1B3c1cc3c(cc1N2c1ccc2c(c1)C(C)(C)CCC2(C)C)C(C)(C)CCC3(C)C)C(C)(C)CC4(C)C. The zero-order chi connectivity index (χ0) is 46.6. The summed E-state index contributed by atoms with van der Waals surface area (Å²) < 4.78 is 0. The summed E-state index contributed by atoms with van der Waals surface area (Å²) in [5.74, 6) is 0. The molecule has 3 heteroatoms. The Kier molecular flexibility index (Phi) is 8.30. The molecule has 0 bridgehead atoms. The minimum atomic E-state index is -0.108. The maximum atomic E-state index is 2.72. The van der Waals surface area contributed by atoms with Gasteiger partial charge in [0, 0.05) is 39.5 Å². The number of benzene rings is 6. The molecule has 0 saturated heterocycles. The predicted molar refractivity (Wildman–Crippen MR) is 284 cm³/mol. The van der Waals surface area contributed by atoms with Crippen LogP contribution in [0, 0.1) is 6.92 Å². The van der Waals surface area contributed by atoms with Gasteiger partial charge in [-0.1, -0.05) is 145 Å². The number of hydrogen-bond acceptors (Lipinski definition) is 2. The van der Waals surface area contributed by atoms with E-state index in [9.17, 15) is 0 Å². The first kappa shape index (κ1) is 42.3. The summed E-state index contributed by atoms with van der Waals surface area (Å²) in [6.45, 7) is 37.1. The van der Waals surface area contributed by atoms with Gasteiger partial charge in [-0.15, -0.1) is 0 Å². The minimum Gasteiger partial charge on any atom is -0.311 e. The molecule has 0 saturated carbocycles. The molecule has 6 aromatic rings. The molecular formula is C63H71BN2. The van der Waals surface area contributed by atoms with E-state index in [0.29, 0.717) is 0 Å². The Morgan fingerprint density at radius 3 is 1.36 bits per heavy atom. The lowest BCUT2D eigenvalue weighted by Crippen LogP contribution is -2.62. The molecule has 0 radical (unpaired) electrons. The summed E-state index contributed by atoms with van der Waals surface area (Å²) in [6.07, 6.45) is 5.92. The van der Waals surface area contributed by atoms with Crippen LogP contribution in [0.25, 0.3) is 11.1 Å². The maximum Gasteiger partial charge on any atom is 0.252 e. The van der Waals surface area contributed by atoms with Crippen LogP contribution in [0.5, 0.6) is 0 Å². The van der Waals surface area contributed by atoms with Gasteiger partial charge < -0.3 is 9.80 Å². The third-order valence-corrected chi connectivity index (χ3v) is 18.6. The molecular weight excluding hydrogens is 796 g/mol.